The minimum atomic E-state index is -0.951. The Labute approximate surface area is 120 Å². The molecule has 21 heavy (non-hydrogen) atoms. The summed E-state index contributed by atoms with van der Waals surface area (Å²) >= 11 is 0. The fraction of sp³-hybridized carbons (Fsp3) is 0.267. The number of ether oxygens (including phenoxy) is 1. The van der Waals surface area contributed by atoms with Crippen LogP contribution in [-0.4, -0.2) is 18.6 Å². The number of hydrogen-bond acceptors (Lipinski definition) is 3. The first-order valence-electron chi connectivity index (χ1n) is 6.43. The molecule has 2 rings (SSSR count). The second-order valence-electron chi connectivity index (χ2n) is 4.43. The third-order valence-electron chi connectivity index (χ3n) is 3.04. The lowest BCUT2D eigenvalue weighted by molar-refractivity contribution is 0.411. The summed E-state index contributed by atoms with van der Waals surface area (Å²) in [5.74, 6) is -2.37. The summed E-state index contributed by atoms with van der Waals surface area (Å²) in [6.45, 7) is 2.28. The van der Waals surface area contributed by atoms with Crippen molar-refractivity contribution >= 4 is 0 Å². The number of benzene rings is 1. The third-order valence-corrected chi connectivity index (χ3v) is 3.04. The molecule has 0 bridgehead atoms. The lowest BCUT2D eigenvalue weighted by atomic mass is 9.98. The van der Waals surface area contributed by atoms with E-state index in [1.54, 1.807) is 13.0 Å². The number of halogens is 3. The molecule has 1 aromatic carbocycles. The summed E-state index contributed by atoms with van der Waals surface area (Å²) in [6.07, 6.45) is 2.97. The fourth-order valence-electron chi connectivity index (χ4n) is 2.12. The molecule has 0 fully saturated rings. The number of nitrogens with one attached hydrogen (secondary N) is 1. The molecule has 0 spiro atoms. The molecule has 0 aliphatic carbocycles. The van der Waals surface area contributed by atoms with Gasteiger partial charge in [0.05, 0.1) is 19.3 Å². The minimum absolute atomic E-state index is 0.242. The molecule has 2 aromatic rings. The second-order valence-corrected chi connectivity index (χ2v) is 4.43. The van der Waals surface area contributed by atoms with Gasteiger partial charge in [-0.2, -0.15) is 0 Å². The zero-order valence-corrected chi connectivity index (χ0v) is 11.7. The molecule has 0 saturated heterocycles. The molecule has 0 radical (unpaired) electrons. The summed E-state index contributed by atoms with van der Waals surface area (Å²) in [5.41, 5.74) is 0.286. The van der Waals surface area contributed by atoms with Crippen LogP contribution in [0, 0.1) is 17.5 Å². The molecule has 0 aliphatic rings. The van der Waals surface area contributed by atoms with E-state index in [-0.39, 0.29) is 5.56 Å². The summed E-state index contributed by atoms with van der Waals surface area (Å²) in [5, 5.41) is 2.97. The Bertz CT molecular complexity index is 611. The molecular weight excluding hydrogens is 281 g/mol. The van der Waals surface area contributed by atoms with Gasteiger partial charge in [0.25, 0.3) is 0 Å². The Hall–Kier alpha value is -2.08. The topological polar surface area (TPSA) is 34.2 Å². The Morgan fingerprint density at radius 1 is 1.14 bits per heavy atom. The van der Waals surface area contributed by atoms with Crippen molar-refractivity contribution in [3.05, 3.63) is 59.2 Å². The molecule has 0 amide bonds. The number of hydrogen-bond donors (Lipinski definition) is 1. The van der Waals surface area contributed by atoms with Crippen LogP contribution in [0.25, 0.3) is 0 Å². The van der Waals surface area contributed by atoms with Crippen LogP contribution >= 0.6 is 0 Å². The molecule has 0 saturated carbocycles. The maximum Gasteiger partial charge on any atom is 0.137 e. The number of pyridine rings is 1. The SMILES string of the molecule is CCNC(c1cncc(OC)c1)c1c(F)cc(F)cc1F. The van der Waals surface area contributed by atoms with Crippen LogP contribution < -0.4 is 10.1 Å². The van der Waals surface area contributed by atoms with Crippen molar-refractivity contribution in [3.63, 3.8) is 0 Å². The van der Waals surface area contributed by atoms with E-state index < -0.39 is 23.5 Å². The first kappa shape index (κ1) is 15.3. The second kappa shape index (κ2) is 6.58. The predicted octanol–water partition coefficient (Wildman–Crippen LogP) is 3.21. The maximum absolute atomic E-state index is 14.0. The van der Waals surface area contributed by atoms with Crippen LogP contribution in [-0.2, 0) is 0 Å². The van der Waals surface area contributed by atoms with Crippen molar-refractivity contribution in [2.45, 2.75) is 13.0 Å². The van der Waals surface area contributed by atoms with Gasteiger partial charge >= 0.3 is 0 Å². The summed E-state index contributed by atoms with van der Waals surface area (Å²) in [6, 6.07) is 2.17. The van der Waals surface area contributed by atoms with Crippen LogP contribution in [0.1, 0.15) is 24.1 Å². The van der Waals surface area contributed by atoms with Gasteiger partial charge in [-0.1, -0.05) is 6.92 Å². The molecule has 1 N–H and O–H groups in total. The highest BCUT2D eigenvalue weighted by molar-refractivity contribution is 5.35. The van der Waals surface area contributed by atoms with Gasteiger partial charge in [-0.25, -0.2) is 13.2 Å². The van der Waals surface area contributed by atoms with E-state index >= 15 is 0 Å². The van der Waals surface area contributed by atoms with Crippen molar-refractivity contribution < 1.29 is 17.9 Å². The summed E-state index contributed by atoms with van der Waals surface area (Å²) < 4.78 is 46.1. The lowest BCUT2D eigenvalue weighted by Gasteiger charge is -2.20. The van der Waals surface area contributed by atoms with E-state index in [2.05, 4.69) is 10.3 Å². The van der Waals surface area contributed by atoms with Gasteiger partial charge in [0.1, 0.15) is 23.2 Å². The van der Waals surface area contributed by atoms with Crippen molar-refractivity contribution in [3.8, 4) is 5.75 Å². The fourth-order valence-corrected chi connectivity index (χ4v) is 2.12. The molecular formula is C15H15F3N2O. The van der Waals surface area contributed by atoms with Gasteiger partial charge in [0.2, 0.25) is 0 Å². The number of nitrogens with zero attached hydrogens (tertiary/aromatic N) is 1. The number of aromatic nitrogens is 1. The molecule has 1 unspecified atom stereocenters. The van der Waals surface area contributed by atoms with Crippen LogP contribution in [0.5, 0.6) is 5.75 Å². The van der Waals surface area contributed by atoms with Gasteiger partial charge in [0, 0.05) is 23.9 Å². The van der Waals surface area contributed by atoms with Crippen LogP contribution in [0.3, 0.4) is 0 Å². The van der Waals surface area contributed by atoms with Gasteiger partial charge in [-0.15, -0.1) is 0 Å². The normalized spacial score (nSPS) is 12.2. The molecule has 3 nitrogen and oxygen atoms in total. The molecule has 1 heterocycles. The van der Waals surface area contributed by atoms with E-state index in [1.807, 2.05) is 0 Å². The minimum Gasteiger partial charge on any atom is -0.495 e. The van der Waals surface area contributed by atoms with Gasteiger partial charge in [-0.05, 0) is 18.2 Å². The zero-order valence-electron chi connectivity index (χ0n) is 11.7. The van der Waals surface area contributed by atoms with Crippen LogP contribution in [0.4, 0.5) is 13.2 Å². The molecule has 112 valence electrons. The molecule has 1 atom stereocenters. The van der Waals surface area contributed by atoms with Crippen molar-refractivity contribution in [2.24, 2.45) is 0 Å². The highest BCUT2D eigenvalue weighted by Crippen LogP contribution is 2.29. The van der Waals surface area contributed by atoms with Crippen LogP contribution in [0.15, 0.2) is 30.6 Å². The zero-order chi connectivity index (χ0) is 15.4. The first-order chi connectivity index (χ1) is 10.1. The largest absolute Gasteiger partial charge is 0.495 e. The number of rotatable bonds is 5. The summed E-state index contributed by atoms with van der Waals surface area (Å²) in [4.78, 5) is 3.98. The molecule has 1 aromatic heterocycles. The smallest absolute Gasteiger partial charge is 0.137 e. The Kier molecular flexibility index (Phi) is 4.80. The van der Waals surface area contributed by atoms with E-state index in [4.69, 9.17) is 4.74 Å². The van der Waals surface area contributed by atoms with Gasteiger partial charge < -0.3 is 10.1 Å². The van der Waals surface area contributed by atoms with Gasteiger partial charge in [-0.3, -0.25) is 4.98 Å². The monoisotopic (exact) mass is 296 g/mol. The Balaban J connectivity index is 2.53. The Morgan fingerprint density at radius 2 is 1.81 bits per heavy atom. The van der Waals surface area contributed by atoms with Crippen LogP contribution in [0.2, 0.25) is 0 Å². The van der Waals surface area contributed by atoms with Crippen molar-refractivity contribution in [2.75, 3.05) is 13.7 Å². The highest BCUT2D eigenvalue weighted by atomic mass is 19.1. The molecule has 0 aliphatic heterocycles. The predicted molar refractivity (Wildman–Crippen MR) is 72.6 cm³/mol. The highest BCUT2D eigenvalue weighted by Gasteiger charge is 2.23. The van der Waals surface area contributed by atoms with E-state index in [1.165, 1.54) is 19.5 Å². The average molecular weight is 296 g/mol. The van der Waals surface area contributed by atoms with Crippen molar-refractivity contribution in [1.29, 1.82) is 0 Å². The van der Waals surface area contributed by atoms with Crippen molar-refractivity contribution in [1.82, 2.24) is 10.3 Å². The van der Waals surface area contributed by atoms with Gasteiger partial charge in [0.15, 0.2) is 0 Å². The third kappa shape index (κ3) is 3.33. The van der Waals surface area contributed by atoms with E-state index in [0.717, 1.165) is 0 Å². The standard InChI is InChI=1S/C15H15F3N2O/c1-3-20-15(9-4-11(21-2)8-19-7-9)14-12(17)5-10(16)6-13(14)18/h4-8,15,20H,3H2,1-2H3. The van der Waals surface area contributed by atoms with E-state index in [9.17, 15) is 13.2 Å². The number of methoxy groups -OCH3 is 1. The first-order valence-corrected chi connectivity index (χ1v) is 6.43. The maximum atomic E-state index is 14.0. The average Bonchev–Trinajstić information content (AvgIpc) is 2.45. The summed E-state index contributed by atoms with van der Waals surface area (Å²) in [7, 11) is 1.47. The quantitative estimate of drug-likeness (QED) is 0.920. The lowest BCUT2D eigenvalue weighted by Crippen LogP contribution is -2.24. The molecule has 6 heteroatoms. The van der Waals surface area contributed by atoms with E-state index in [0.29, 0.717) is 30.0 Å². The Morgan fingerprint density at radius 3 is 2.38 bits per heavy atom.